The largest absolute Gasteiger partial charge is 0.456 e. The van der Waals surface area contributed by atoms with Gasteiger partial charge in [-0.3, -0.25) is 0 Å². The highest BCUT2D eigenvalue weighted by Crippen LogP contribution is 2.40. The van der Waals surface area contributed by atoms with Crippen molar-refractivity contribution >= 4 is 70.9 Å². The van der Waals surface area contributed by atoms with Crippen molar-refractivity contribution in [2.75, 3.05) is 0 Å². The first-order chi connectivity index (χ1) is 25.7. The third kappa shape index (κ3) is 4.67. The zero-order valence-electron chi connectivity index (χ0n) is 28.1. The molecule has 0 saturated heterocycles. The molecule has 0 radical (unpaired) electrons. The van der Waals surface area contributed by atoms with Crippen molar-refractivity contribution in [3.8, 4) is 28.5 Å². The molecule has 0 aliphatic rings. The summed E-state index contributed by atoms with van der Waals surface area (Å²) in [5.74, 6) is 1.66. The van der Waals surface area contributed by atoms with E-state index in [-0.39, 0.29) is 0 Å². The van der Waals surface area contributed by atoms with Crippen LogP contribution in [0.1, 0.15) is 5.82 Å². The molecule has 5 nitrogen and oxygen atoms in total. The maximum absolute atomic E-state index is 6.64. The molecule has 0 aliphatic carbocycles. The van der Waals surface area contributed by atoms with Gasteiger partial charge in [-0.25, -0.2) is 15.0 Å². The van der Waals surface area contributed by atoms with Gasteiger partial charge >= 0.3 is 0 Å². The molecule has 244 valence electrons. The van der Waals surface area contributed by atoms with Gasteiger partial charge in [0.2, 0.25) is 0 Å². The average Bonchev–Trinajstić information content (AvgIpc) is 3.72. The van der Waals surface area contributed by atoms with Crippen molar-refractivity contribution in [3.05, 3.63) is 177 Å². The quantitative estimate of drug-likeness (QED) is 0.166. The molecule has 7 aromatic carbocycles. The van der Waals surface area contributed by atoms with Crippen molar-refractivity contribution in [1.82, 2.24) is 19.5 Å². The predicted octanol–water partition coefficient (Wildman–Crippen LogP) is 12.3. The van der Waals surface area contributed by atoms with Crippen LogP contribution < -0.4 is 0 Å². The number of hydrogen-bond donors (Lipinski definition) is 0. The number of aromatic nitrogens is 4. The molecule has 52 heavy (non-hydrogen) atoms. The van der Waals surface area contributed by atoms with Gasteiger partial charge in [-0.2, -0.15) is 0 Å². The number of hydrogen-bond acceptors (Lipinski definition) is 4. The first-order valence-corrected chi connectivity index (χ1v) is 17.3. The average molecular weight is 667 g/mol. The summed E-state index contributed by atoms with van der Waals surface area (Å²) in [6, 6.07) is 48.9. The molecular weight excluding hydrogens is 637 g/mol. The molecule has 0 fully saturated rings. The van der Waals surface area contributed by atoms with E-state index in [0.29, 0.717) is 17.5 Å². The second-order valence-electron chi connectivity index (χ2n) is 13.0. The molecule has 5 heteroatoms. The van der Waals surface area contributed by atoms with Gasteiger partial charge in [-0.05, 0) is 64.0 Å². The maximum Gasteiger partial charge on any atom is 0.164 e. The number of fused-ring (bicyclic) bond motifs is 8. The van der Waals surface area contributed by atoms with Gasteiger partial charge in [0, 0.05) is 50.0 Å². The standard InChI is InChI=1S/C47H30N4O/c1-3-13-29(4-2)45-48-46(30-14-6-5-7-15-30)50-47(49-45)37-20-12-21-42-44(37)36-23-22-35(28-43(36)52-42)51-40-26-33-18-10-8-16-31(33)24-38(40)39-25-32-17-9-11-19-34(32)27-41(39)51/h3-28H,1-2H2/b29-13+. The molecule has 0 atom stereocenters. The fourth-order valence-electron chi connectivity index (χ4n) is 7.51. The molecule has 0 unspecified atom stereocenters. The van der Waals surface area contributed by atoms with Gasteiger partial charge in [-0.1, -0.05) is 122 Å². The Morgan fingerprint density at radius 3 is 1.85 bits per heavy atom. The Morgan fingerprint density at radius 2 is 1.19 bits per heavy atom. The van der Waals surface area contributed by atoms with Gasteiger partial charge < -0.3 is 8.98 Å². The Hall–Kier alpha value is -7.11. The van der Waals surface area contributed by atoms with Gasteiger partial charge in [0.1, 0.15) is 11.2 Å². The van der Waals surface area contributed by atoms with Crippen molar-refractivity contribution < 1.29 is 4.42 Å². The lowest BCUT2D eigenvalue weighted by molar-refractivity contribution is 0.668. The van der Waals surface area contributed by atoms with Crippen LogP contribution in [0, 0.1) is 0 Å². The van der Waals surface area contributed by atoms with Crippen LogP contribution in [0.25, 0.3) is 99.3 Å². The minimum atomic E-state index is 0.525. The fourth-order valence-corrected chi connectivity index (χ4v) is 7.51. The normalized spacial score (nSPS) is 12.1. The number of benzene rings is 7. The van der Waals surface area contributed by atoms with Crippen LogP contribution in [-0.2, 0) is 0 Å². The van der Waals surface area contributed by atoms with Gasteiger partial charge in [0.05, 0.1) is 11.0 Å². The van der Waals surface area contributed by atoms with Crippen LogP contribution in [0.5, 0.6) is 0 Å². The van der Waals surface area contributed by atoms with Crippen molar-refractivity contribution in [2.24, 2.45) is 0 Å². The summed E-state index contributed by atoms with van der Waals surface area (Å²) in [5.41, 5.74) is 7.39. The second kappa shape index (κ2) is 11.8. The van der Waals surface area contributed by atoms with Gasteiger partial charge in [0.25, 0.3) is 0 Å². The highest BCUT2D eigenvalue weighted by Gasteiger charge is 2.20. The number of allylic oxidation sites excluding steroid dienone is 4. The Bertz CT molecular complexity index is 3020. The predicted molar refractivity (Wildman–Crippen MR) is 216 cm³/mol. The van der Waals surface area contributed by atoms with E-state index < -0.39 is 0 Å². The highest BCUT2D eigenvalue weighted by molar-refractivity contribution is 6.17. The zero-order chi connectivity index (χ0) is 34.8. The van der Waals surface area contributed by atoms with Gasteiger partial charge in [0.15, 0.2) is 17.5 Å². The van der Waals surface area contributed by atoms with E-state index in [1.165, 1.54) is 32.3 Å². The maximum atomic E-state index is 6.64. The Labute approximate surface area is 299 Å². The van der Waals surface area contributed by atoms with E-state index in [0.717, 1.165) is 55.4 Å². The third-order valence-electron chi connectivity index (χ3n) is 9.92. The van der Waals surface area contributed by atoms with Crippen LogP contribution in [0.3, 0.4) is 0 Å². The summed E-state index contributed by atoms with van der Waals surface area (Å²) < 4.78 is 9.01. The van der Waals surface area contributed by atoms with Crippen LogP contribution in [0.4, 0.5) is 0 Å². The molecule has 10 rings (SSSR count). The molecule has 0 saturated carbocycles. The molecule has 3 aromatic heterocycles. The minimum absolute atomic E-state index is 0.525. The molecule has 0 spiro atoms. The van der Waals surface area contributed by atoms with Crippen LogP contribution in [-0.4, -0.2) is 19.5 Å². The van der Waals surface area contributed by atoms with E-state index in [1.54, 1.807) is 12.2 Å². The number of rotatable bonds is 6. The molecule has 0 N–H and O–H groups in total. The Morgan fingerprint density at radius 1 is 0.558 bits per heavy atom. The van der Waals surface area contributed by atoms with Crippen molar-refractivity contribution in [1.29, 1.82) is 0 Å². The number of furan rings is 1. The van der Waals surface area contributed by atoms with Crippen molar-refractivity contribution in [3.63, 3.8) is 0 Å². The second-order valence-corrected chi connectivity index (χ2v) is 13.0. The molecule has 0 amide bonds. The summed E-state index contributed by atoms with van der Waals surface area (Å²) >= 11 is 0. The van der Waals surface area contributed by atoms with Crippen molar-refractivity contribution in [2.45, 2.75) is 0 Å². The monoisotopic (exact) mass is 666 g/mol. The summed E-state index contributed by atoms with van der Waals surface area (Å²) in [6.07, 6.45) is 5.31. The molecule has 3 heterocycles. The topological polar surface area (TPSA) is 56.7 Å². The third-order valence-corrected chi connectivity index (χ3v) is 9.92. The number of nitrogens with zero attached hydrogens (tertiary/aromatic N) is 4. The fraction of sp³-hybridized carbons (Fsp3) is 0. The van der Waals surface area contributed by atoms with Crippen LogP contribution in [0.15, 0.2) is 175 Å². The smallest absolute Gasteiger partial charge is 0.164 e. The molecule has 0 bridgehead atoms. The highest BCUT2D eigenvalue weighted by atomic mass is 16.3. The SMILES string of the molecule is C=C/C=C(\C=C)c1nc(-c2ccccc2)nc(-c2cccc3oc4cc(-n5c6cc7ccccc7cc6c6cc7ccccc7cc65)ccc4c23)n1. The van der Waals surface area contributed by atoms with E-state index in [2.05, 4.69) is 109 Å². The summed E-state index contributed by atoms with van der Waals surface area (Å²) in [7, 11) is 0. The summed E-state index contributed by atoms with van der Waals surface area (Å²) in [4.78, 5) is 14.8. The zero-order valence-corrected chi connectivity index (χ0v) is 28.1. The first kappa shape index (κ1) is 29.8. The Balaban J connectivity index is 1.21. The van der Waals surface area contributed by atoms with E-state index in [9.17, 15) is 0 Å². The van der Waals surface area contributed by atoms with Crippen LogP contribution >= 0.6 is 0 Å². The molecular formula is C47H30N4O. The molecule has 0 aliphatic heterocycles. The lowest BCUT2D eigenvalue weighted by Crippen LogP contribution is -2.02. The lowest BCUT2D eigenvalue weighted by atomic mass is 10.0. The molecule has 10 aromatic rings. The Kier molecular flexibility index (Phi) is 6.73. The van der Waals surface area contributed by atoms with Crippen LogP contribution in [0.2, 0.25) is 0 Å². The van der Waals surface area contributed by atoms with Gasteiger partial charge in [-0.15, -0.1) is 0 Å². The van der Waals surface area contributed by atoms with E-state index in [1.807, 2.05) is 54.6 Å². The summed E-state index contributed by atoms with van der Waals surface area (Å²) in [5, 5.41) is 9.22. The summed E-state index contributed by atoms with van der Waals surface area (Å²) in [6.45, 7) is 7.89. The van der Waals surface area contributed by atoms with E-state index in [4.69, 9.17) is 19.4 Å². The minimum Gasteiger partial charge on any atom is -0.456 e. The van der Waals surface area contributed by atoms with E-state index >= 15 is 0 Å². The lowest BCUT2D eigenvalue weighted by Gasteiger charge is -2.10. The first-order valence-electron chi connectivity index (χ1n) is 17.3.